The minimum absolute atomic E-state index is 0. The molecule has 0 saturated carbocycles. The van der Waals surface area contributed by atoms with Gasteiger partial charge in [0.1, 0.15) is 25.0 Å². The van der Waals surface area contributed by atoms with E-state index in [9.17, 15) is 4.79 Å². The normalized spacial score (nSPS) is 9.32. The Morgan fingerprint density at radius 3 is 2.86 bits per heavy atom. The molecule has 7 nitrogen and oxygen atoms in total. The first kappa shape index (κ1) is 20.2. The van der Waals surface area contributed by atoms with Gasteiger partial charge in [-0.05, 0) is 19.2 Å². The second-order valence-electron chi connectivity index (χ2n) is 4.11. The van der Waals surface area contributed by atoms with Crippen molar-refractivity contribution >= 4 is 36.4 Å². The summed E-state index contributed by atoms with van der Waals surface area (Å²) in [5.74, 6) is 0.611. The van der Waals surface area contributed by atoms with Gasteiger partial charge in [0.2, 0.25) is 5.91 Å². The lowest BCUT2D eigenvalue weighted by Gasteiger charge is -2.09. The molecule has 0 aliphatic heterocycles. The van der Waals surface area contributed by atoms with Crippen LogP contribution in [0.5, 0.6) is 5.75 Å². The molecular weight excluding hydrogens is 329 g/mol. The molecule has 0 bridgehead atoms. The van der Waals surface area contributed by atoms with E-state index in [4.69, 9.17) is 4.74 Å². The van der Waals surface area contributed by atoms with Crippen molar-refractivity contribution in [1.82, 2.24) is 20.1 Å². The van der Waals surface area contributed by atoms with Crippen molar-refractivity contribution in [3.05, 3.63) is 36.9 Å². The molecule has 1 heterocycles. The van der Waals surface area contributed by atoms with Crippen molar-refractivity contribution in [2.24, 2.45) is 0 Å². The summed E-state index contributed by atoms with van der Waals surface area (Å²) < 4.78 is 7.30. The molecule has 0 fully saturated rings. The van der Waals surface area contributed by atoms with Gasteiger partial charge in [0.05, 0.1) is 13.1 Å². The van der Waals surface area contributed by atoms with Gasteiger partial charge in [0.25, 0.3) is 0 Å². The van der Waals surface area contributed by atoms with Gasteiger partial charge in [-0.3, -0.25) is 4.79 Å². The van der Waals surface area contributed by atoms with Crippen LogP contribution in [-0.2, 0) is 11.3 Å². The number of nitrogens with one attached hydrogen (secondary N) is 2. The number of benzene rings is 1. The highest BCUT2D eigenvalue weighted by Gasteiger charge is 2.02. The van der Waals surface area contributed by atoms with Crippen LogP contribution >= 0.6 is 24.8 Å². The number of carbonyl (C=O) groups excluding carboxylic acids is 1. The zero-order valence-electron chi connectivity index (χ0n) is 12.1. The van der Waals surface area contributed by atoms with E-state index in [-0.39, 0.29) is 37.3 Å². The van der Waals surface area contributed by atoms with Gasteiger partial charge in [-0.15, -0.1) is 24.8 Å². The standard InChI is InChI=1S/C13H17N5O2.2ClH/c1-14-8-13(19)17-11-3-2-4-12(7-11)20-6-5-18-10-15-9-16-18;;/h2-4,7,9-10,14H,5-6,8H2,1H3,(H,17,19);2*1H. The molecule has 1 amide bonds. The Hall–Kier alpha value is -1.83. The van der Waals surface area contributed by atoms with Gasteiger partial charge in [0, 0.05) is 11.8 Å². The lowest BCUT2D eigenvalue weighted by molar-refractivity contribution is -0.115. The minimum Gasteiger partial charge on any atom is -0.492 e. The molecule has 2 aromatic rings. The Labute approximate surface area is 141 Å². The first-order valence-corrected chi connectivity index (χ1v) is 6.27. The number of ether oxygens (including phenoxy) is 1. The molecule has 1 aromatic heterocycles. The summed E-state index contributed by atoms with van der Waals surface area (Å²) in [6.45, 7) is 1.38. The monoisotopic (exact) mass is 347 g/mol. The SMILES string of the molecule is CNCC(=O)Nc1cccc(OCCn2cncn2)c1.Cl.Cl. The maximum Gasteiger partial charge on any atom is 0.238 e. The van der Waals surface area contributed by atoms with Crippen molar-refractivity contribution in [1.29, 1.82) is 0 Å². The molecule has 1 aromatic carbocycles. The quantitative estimate of drug-likeness (QED) is 0.790. The van der Waals surface area contributed by atoms with Crippen LogP contribution in [0, 0.1) is 0 Å². The first-order valence-electron chi connectivity index (χ1n) is 6.27. The van der Waals surface area contributed by atoms with E-state index in [0.717, 1.165) is 0 Å². The van der Waals surface area contributed by atoms with Crippen LogP contribution in [0.15, 0.2) is 36.9 Å². The largest absolute Gasteiger partial charge is 0.492 e. The molecule has 0 spiro atoms. The first-order chi connectivity index (χ1) is 9.78. The molecule has 0 atom stereocenters. The molecule has 2 N–H and O–H groups in total. The van der Waals surface area contributed by atoms with Crippen LogP contribution in [0.4, 0.5) is 5.69 Å². The zero-order chi connectivity index (χ0) is 14.2. The Morgan fingerprint density at radius 1 is 1.36 bits per heavy atom. The topological polar surface area (TPSA) is 81.1 Å². The van der Waals surface area contributed by atoms with Crippen LogP contribution in [0.2, 0.25) is 0 Å². The summed E-state index contributed by atoms with van der Waals surface area (Å²) in [6, 6.07) is 7.28. The predicted molar refractivity (Wildman–Crippen MR) is 89.0 cm³/mol. The highest BCUT2D eigenvalue weighted by atomic mass is 35.5. The molecular formula is C13H19Cl2N5O2. The fourth-order valence-electron chi connectivity index (χ4n) is 1.63. The summed E-state index contributed by atoms with van der Waals surface area (Å²) in [5, 5.41) is 9.56. The smallest absolute Gasteiger partial charge is 0.238 e. The minimum atomic E-state index is -0.0905. The number of likely N-dealkylation sites (N-methyl/N-ethyl adjacent to an activating group) is 1. The second kappa shape index (κ2) is 10.8. The Bertz CT molecular complexity index is 551. The fourth-order valence-corrected chi connectivity index (χ4v) is 1.63. The van der Waals surface area contributed by atoms with E-state index < -0.39 is 0 Å². The van der Waals surface area contributed by atoms with Crippen LogP contribution in [0.3, 0.4) is 0 Å². The number of anilines is 1. The third-order valence-electron chi connectivity index (χ3n) is 2.51. The fraction of sp³-hybridized carbons (Fsp3) is 0.308. The zero-order valence-corrected chi connectivity index (χ0v) is 13.7. The van der Waals surface area contributed by atoms with E-state index in [1.165, 1.54) is 6.33 Å². The molecule has 0 radical (unpaired) electrons. The maximum atomic E-state index is 11.5. The number of hydrogen-bond acceptors (Lipinski definition) is 5. The van der Waals surface area contributed by atoms with E-state index >= 15 is 0 Å². The van der Waals surface area contributed by atoms with Crippen LogP contribution in [0.1, 0.15) is 0 Å². The number of carbonyl (C=O) groups is 1. The average Bonchev–Trinajstić information content (AvgIpc) is 2.92. The van der Waals surface area contributed by atoms with E-state index in [1.807, 2.05) is 18.2 Å². The molecule has 2 rings (SSSR count). The number of halogens is 2. The van der Waals surface area contributed by atoms with Crippen molar-refractivity contribution < 1.29 is 9.53 Å². The average molecular weight is 348 g/mol. The maximum absolute atomic E-state index is 11.5. The molecule has 122 valence electrons. The van der Waals surface area contributed by atoms with Gasteiger partial charge in [-0.2, -0.15) is 5.10 Å². The van der Waals surface area contributed by atoms with E-state index in [1.54, 1.807) is 24.1 Å². The molecule has 9 heteroatoms. The third kappa shape index (κ3) is 6.75. The summed E-state index contributed by atoms with van der Waals surface area (Å²) >= 11 is 0. The van der Waals surface area contributed by atoms with Crippen molar-refractivity contribution in [3.8, 4) is 5.75 Å². The third-order valence-corrected chi connectivity index (χ3v) is 2.51. The Kier molecular flexibility index (Phi) is 9.93. The molecule has 0 unspecified atom stereocenters. The molecule has 22 heavy (non-hydrogen) atoms. The highest BCUT2D eigenvalue weighted by Crippen LogP contribution is 2.17. The highest BCUT2D eigenvalue weighted by molar-refractivity contribution is 5.92. The second-order valence-corrected chi connectivity index (χ2v) is 4.11. The summed E-state index contributed by atoms with van der Waals surface area (Å²) in [7, 11) is 1.73. The van der Waals surface area contributed by atoms with E-state index in [0.29, 0.717) is 24.6 Å². The van der Waals surface area contributed by atoms with Crippen molar-refractivity contribution in [2.45, 2.75) is 6.54 Å². The lowest BCUT2D eigenvalue weighted by Crippen LogP contribution is -2.25. The van der Waals surface area contributed by atoms with E-state index in [2.05, 4.69) is 20.7 Å². The van der Waals surface area contributed by atoms with Gasteiger partial charge >= 0.3 is 0 Å². The molecule has 0 aliphatic rings. The molecule has 0 aliphatic carbocycles. The molecule has 0 saturated heterocycles. The summed E-state index contributed by atoms with van der Waals surface area (Å²) in [5.41, 5.74) is 0.712. The number of hydrogen-bond donors (Lipinski definition) is 2. The van der Waals surface area contributed by atoms with Crippen molar-refractivity contribution in [2.75, 3.05) is 25.5 Å². The Morgan fingerprint density at radius 2 is 2.18 bits per heavy atom. The number of nitrogens with zero attached hydrogens (tertiary/aromatic N) is 3. The van der Waals surface area contributed by atoms with Crippen LogP contribution in [-0.4, -0.2) is 40.9 Å². The predicted octanol–water partition coefficient (Wildman–Crippen LogP) is 1.36. The number of amides is 1. The van der Waals surface area contributed by atoms with Crippen LogP contribution in [0.25, 0.3) is 0 Å². The number of rotatable bonds is 7. The van der Waals surface area contributed by atoms with Gasteiger partial charge in [-0.1, -0.05) is 6.07 Å². The van der Waals surface area contributed by atoms with Gasteiger partial charge in [-0.25, -0.2) is 9.67 Å². The van der Waals surface area contributed by atoms with Crippen LogP contribution < -0.4 is 15.4 Å². The summed E-state index contributed by atoms with van der Waals surface area (Å²) in [4.78, 5) is 15.3. The van der Waals surface area contributed by atoms with Gasteiger partial charge < -0.3 is 15.4 Å². The van der Waals surface area contributed by atoms with Gasteiger partial charge in [0.15, 0.2) is 0 Å². The lowest BCUT2D eigenvalue weighted by atomic mass is 10.3. The summed E-state index contributed by atoms with van der Waals surface area (Å²) in [6.07, 6.45) is 3.12. The Balaban J connectivity index is 0.00000220. The number of aromatic nitrogens is 3. The van der Waals surface area contributed by atoms with Crippen molar-refractivity contribution in [3.63, 3.8) is 0 Å².